The van der Waals surface area contributed by atoms with Gasteiger partial charge in [0.15, 0.2) is 6.61 Å². The number of hydrogen-bond acceptors (Lipinski definition) is 5. The SMILES string of the molecule is CCOC(=O)[C@@H]1CCCN(C(=O)COc2ccccc2NC(C)=O)C1. The predicted molar refractivity (Wildman–Crippen MR) is 92.2 cm³/mol. The van der Waals surface area contributed by atoms with E-state index in [4.69, 9.17) is 9.47 Å². The Balaban J connectivity index is 1.92. The molecule has 7 heteroatoms. The van der Waals surface area contributed by atoms with Crippen molar-refractivity contribution in [3.63, 3.8) is 0 Å². The van der Waals surface area contributed by atoms with Gasteiger partial charge in [-0.1, -0.05) is 12.1 Å². The number of nitrogens with one attached hydrogen (secondary N) is 1. The summed E-state index contributed by atoms with van der Waals surface area (Å²) < 4.78 is 10.6. The maximum Gasteiger partial charge on any atom is 0.310 e. The van der Waals surface area contributed by atoms with Crippen LogP contribution in [-0.2, 0) is 19.1 Å². The molecule has 7 nitrogen and oxygen atoms in total. The van der Waals surface area contributed by atoms with Crippen LogP contribution in [0.3, 0.4) is 0 Å². The Morgan fingerprint density at radius 2 is 2.04 bits per heavy atom. The molecule has 0 unspecified atom stereocenters. The van der Waals surface area contributed by atoms with Crippen LogP contribution in [0.15, 0.2) is 24.3 Å². The third kappa shape index (κ3) is 5.48. The number of hydrogen-bond donors (Lipinski definition) is 1. The number of para-hydroxylation sites is 2. The van der Waals surface area contributed by atoms with Crippen molar-refractivity contribution in [2.45, 2.75) is 26.7 Å². The van der Waals surface area contributed by atoms with E-state index in [0.717, 1.165) is 12.8 Å². The highest BCUT2D eigenvalue weighted by molar-refractivity contribution is 5.90. The second-order valence-electron chi connectivity index (χ2n) is 5.90. The van der Waals surface area contributed by atoms with Crippen molar-refractivity contribution < 1.29 is 23.9 Å². The maximum absolute atomic E-state index is 12.4. The van der Waals surface area contributed by atoms with Crippen LogP contribution in [0.4, 0.5) is 5.69 Å². The van der Waals surface area contributed by atoms with Crippen molar-refractivity contribution in [2.75, 3.05) is 31.6 Å². The van der Waals surface area contributed by atoms with Crippen LogP contribution in [0.2, 0.25) is 0 Å². The lowest BCUT2D eigenvalue weighted by atomic mass is 9.98. The number of ether oxygens (including phenoxy) is 2. The van der Waals surface area contributed by atoms with E-state index < -0.39 is 0 Å². The van der Waals surface area contributed by atoms with Gasteiger partial charge in [-0.15, -0.1) is 0 Å². The zero-order valence-electron chi connectivity index (χ0n) is 14.6. The van der Waals surface area contributed by atoms with E-state index in [1.807, 2.05) is 0 Å². The van der Waals surface area contributed by atoms with Gasteiger partial charge in [-0.25, -0.2) is 0 Å². The molecule has 1 atom stereocenters. The Kier molecular flexibility index (Phi) is 6.80. The summed E-state index contributed by atoms with van der Waals surface area (Å²) in [5.74, 6) is -0.492. The number of amides is 2. The fourth-order valence-corrected chi connectivity index (χ4v) is 2.77. The first kappa shape index (κ1) is 18.8. The standard InChI is InChI=1S/C18H24N2O5/c1-3-24-18(23)14-7-6-10-20(11-14)17(22)12-25-16-9-5-4-8-15(16)19-13(2)21/h4-5,8-9,14H,3,6-7,10-12H2,1-2H3,(H,19,21)/t14-/m1/s1. The largest absolute Gasteiger partial charge is 0.482 e. The van der Waals surface area contributed by atoms with Gasteiger partial charge in [-0.3, -0.25) is 14.4 Å². The maximum atomic E-state index is 12.4. The number of likely N-dealkylation sites (tertiary alicyclic amines) is 1. The lowest BCUT2D eigenvalue weighted by Gasteiger charge is -2.31. The molecule has 1 fully saturated rings. The van der Waals surface area contributed by atoms with E-state index in [0.29, 0.717) is 31.1 Å². The Morgan fingerprint density at radius 1 is 1.28 bits per heavy atom. The summed E-state index contributed by atoms with van der Waals surface area (Å²) in [6.07, 6.45) is 1.49. The van der Waals surface area contributed by atoms with E-state index in [1.54, 1.807) is 36.1 Å². The number of anilines is 1. The lowest BCUT2D eigenvalue weighted by molar-refractivity contribution is -0.151. The summed E-state index contributed by atoms with van der Waals surface area (Å²) in [5.41, 5.74) is 0.519. The van der Waals surface area contributed by atoms with Crippen LogP contribution in [0, 0.1) is 5.92 Å². The van der Waals surface area contributed by atoms with Gasteiger partial charge in [-0.2, -0.15) is 0 Å². The van der Waals surface area contributed by atoms with Crippen molar-refractivity contribution >= 4 is 23.5 Å². The van der Waals surface area contributed by atoms with Gasteiger partial charge in [-0.05, 0) is 31.9 Å². The molecule has 1 aromatic carbocycles. The van der Waals surface area contributed by atoms with Gasteiger partial charge in [0.05, 0.1) is 18.2 Å². The van der Waals surface area contributed by atoms with Crippen molar-refractivity contribution in [2.24, 2.45) is 5.92 Å². The molecule has 1 aliphatic rings. The summed E-state index contributed by atoms with van der Waals surface area (Å²) in [6.45, 7) is 4.33. The molecule has 1 aliphatic heterocycles. The third-order valence-corrected chi connectivity index (χ3v) is 3.94. The molecule has 0 radical (unpaired) electrons. The summed E-state index contributed by atoms with van der Waals surface area (Å²) in [6, 6.07) is 6.94. The van der Waals surface area contributed by atoms with E-state index in [1.165, 1.54) is 6.92 Å². The quantitative estimate of drug-likeness (QED) is 0.793. The van der Waals surface area contributed by atoms with Gasteiger partial charge in [0.1, 0.15) is 5.75 Å². The Labute approximate surface area is 147 Å². The van der Waals surface area contributed by atoms with Crippen LogP contribution in [0.5, 0.6) is 5.75 Å². The van der Waals surface area contributed by atoms with Gasteiger partial charge >= 0.3 is 5.97 Å². The highest BCUT2D eigenvalue weighted by Crippen LogP contribution is 2.24. The normalized spacial score (nSPS) is 16.9. The molecular weight excluding hydrogens is 324 g/mol. The Morgan fingerprint density at radius 3 is 2.76 bits per heavy atom. The molecule has 2 amide bonds. The van der Waals surface area contributed by atoms with E-state index in [9.17, 15) is 14.4 Å². The number of benzene rings is 1. The number of carbonyl (C=O) groups excluding carboxylic acids is 3. The van der Waals surface area contributed by atoms with Crippen LogP contribution in [0.25, 0.3) is 0 Å². The molecule has 0 saturated carbocycles. The fraction of sp³-hybridized carbons (Fsp3) is 0.500. The number of nitrogens with zero attached hydrogens (tertiary/aromatic N) is 1. The van der Waals surface area contributed by atoms with Crippen LogP contribution in [0.1, 0.15) is 26.7 Å². The Bertz CT molecular complexity index is 632. The van der Waals surface area contributed by atoms with Crippen LogP contribution < -0.4 is 10.1 Å². The van der Waals surface area contributed by atoms with Crippen molar-refractivity contribution in [1.29, 1.82) is 0 Å². The minimum atomic E-state index is -0.274. The molecule has 1 aromatic rings. The van der Waals surface area contributed by atoms with Crippen molar-refractivity contribution in [3.05, 3.63) is 24.3 Å². The lowest BCUT2D eigenvalue weighted by Crippen LogP contribution is -2.44. The fourth-order valence-electron chi connectivity index (χ4n) is 2.77. The summed E-state index contributed by atoms with van der Waals surface area (Å²) in [5, 5.41) is 2.66. The average molecular weight is 348 g/mol. The summed E-state index contributed by atoms with van der Waals surface area (Å²) in [4.78, 5) is 37.1. The number of carbonyl (C=O) groups is 3. The number of esters is 1. The smallest absolute Gasteiger partial charge is 0.310 e. The molecule has 0 spiro atoms. The second kappa shape index (κ2) is 9.05. The van der Waals surface area contributed by atoms with Gasteiger partial charge < -0.3 is 19.7 Å². The van der Waals surface area contributed by atoms with E-state index in [2.05, 4.69) is 5.32 Å². The molecule has 1 N–H and O–H groups in total. The van der Waals surface area contributed by atoms with E-state index >= 15 is 0 Å². The van der Waals surface area contributed by atoms with Gasteiger partial charge in [0.2, 0.25) is 5.91 Å². The molecular formula is C18H24N2O5. The van der Waals surface area contributed by atoms with Crippen LogP contribution in [-0.4, -0.2) is 49.0 Å². The summed E-state index contributed by atoms with van der Waals surface area (Å²) in [7, 11) is 0. The monoisotopic (exact) mass is 348 g/mol. The molecule has 136 valence electrons. The highest BCUT2D eigenvalue weighted by Gasteiger charge is 2.29. The first-order chi connectivity index (χ1) is 12.0. The topological polar surface area (TPSA) is 84.9 Å². The van der Waals surface area contributed by atoms with Gasteiger partial charge in [0.25, 0.3) is 5.91 Å². The molecule has 0 bridgehead atoms. The zero-order valence-corrected chi connectivity index (χ0v) is 14.6. The minimum Gasteiger partial charge on any atom is -0.482 e. The van der Waals surface area contributed by atoms with Gasteiger partial charge in [0, 0.05) is 20.0 Å². The van der Waals surface area contributed by atoms with Crippen molar-refractivity contribution in [3.8, 4) is 5.75 Å². The molecule has 2 rings (SSSR count). The average Bonchev–Trinajstić information content (AvgIpc) is 2.60. The second-order valence-corrected chi connectivity index (χ2v) is 5.90. The van der Waals surface area contributed by atoms with Crippen LogP contribution >= 0.6 is 0 Å². The Hall–Kier alpha value is -2.57. The number of piperidine rings is 1. The van der Waals surface area contributed by atoms with Crippen molar-refractivity contribution in [1.82, 2.24) is 4.90 Å². The molecule has 1 heterocycles. The summed E-state index contributed by atoms with van der Waals surface area (Å²) >= 11 is 0. The zero-order chi connectivity index (χ0) is 18.2. The third-order valence-electron chi connectivity index (χ3n) is 3.94. The molecule has 0 aromatic heterocycles. The number of rotatable bonds is 6. The first-order valence-corrected chi connectivity index (χ1v) is 8.45. The predicted octanol–water partition coefficient (Wildman–Crippen LogP) is 1.83. The molecule has 25 heavy (non-hydrogen) atoms. The highest BCUT2D eigenvalue weighted by atomic mass is 16.5. The molecule has 1 saturated heterocycles. The minimum absolute atomic E-state index is 0.147. The first-order valence-electron chi connectivity index (χ1n) is 8.45. The molecule has 0 aliphatic carbocycles. The van der Waals surface area contributed by atoms with E-state index in [-0.39, 0.29) is 30.3 Å².